The molecule has 2 rings (SSSR count). The van der Waals surface area contributed by atoms with Crippen molar-refractivity contribution in [2.24, 2.45) is 5.73 Å². The number of sulfonamides is 1. The minimum atomic E-state index is -3.98. The Labute approximate surface area is 152 Å². The number of rotatable bonds is 8. The van der Waals surface area contributed by atoms with Crippen LogP contribution in [0.25, 0.3) is 0 Å². The highest BCUT2D eigenvalue weighted by molar-refractivity contribution is 7.89. The minimum absolute atomic E-state index is 0.0788. The third kappa shape index (κ3) is 5.14. The standard InChI is InChI=1S/C18H20N2O5S/c1-2-25-18(22)14-8-10-15(11-9-14)26(23,24)20-16(17(19)21)12-13-6-4-3-5-7-13/h3-11,16,20H,2,12H2,1H3,(H2,19,21)/t16-/m0/s1. The van der Waals surface area contributed by atoms with E-state index in [1.165, 1.54) is 24.3 Å². The van der Waals surface area contributed by atoms with E-state index in [9.17, 15) is 18.0 Å². The Bertz CT molecular complexity index is 864. The monoisotopic (exact) mass is 376 g/mol. The number of primary amides is 1. The highest BCUT2D eigenvalue weighted by atomic mass is 32.2. The topological polar surface area (TPSA) is 116 Å². The number of carbonyl (C=O) groups excluding carboxylic acids is 2. The van der Waals surface area contributed by atoms with Gasteiger partial charge in [0.2, 0.25) is 15.9 Å². The molecule has 0 spiro atoms. The SMILES string of the molecule is CCOC(=O)c1ccc(S(=O)(=O)N[C@@H](Cc2ccccc2)C(N)=O)cc1. The van der Waals surface area contributed by atoms with Crippen LogP contribution in [0.2, 0.25) is 0 Å². The van der Waals surface area contributed by atoms with Crippen LogP contribution in [-0.4, -0.2) is 32.9 Å². The molecule has 0 aliphatic rings. The lowest BCUT2D eigenvalue weighted by atomic mass is 10.1. The number of hydrogen-bond donors (Lipinski definition) is 2. The summed E-state index contributed by atoms with van der Waals surface area (Å²) in [5.74, 6) is -1.32. The van der Waals surface area contributed by atoms with Crippen LogP contribution in [0.4, 0.5) is 0 Å². The molecule has 0 saturated heterocycles. The number of esters is 1. The van der Waals surface area contributed by atoms with Gasteiger partial charge in [0.05, 0.1) is 17.1 Å². The van der Waals surface area contributed by atoms with Crippen LogP contribution in [0.5, 0.6) is 0 Å². The molecular weight excluding hydrogens is 356 g/mol. The average molecular weight is 376 g/mol. The number of carbonyl (C=O) groups is 2. The van der Waals surface area contributed by atoms with E-state index in [0.29, 0.717) is 0 Å². The number of nitrogens with one attached hydrogen (secondary N) is 1. The number of nitrogens with two attached hydrogens (primary N) is 1. The predicted molar refractivity (Wildman–Crippen MR) is 95.8 cm³/mol. The molecule has 0 aliphatic carbocycles. The first-order chi connectivity index (χ1) is 12.3. The van der Waals surface area contributed by atoms with Crippen LogP contribution in [0.1, 0.15) is 22.8 Å². The summed E-state index contributed by atoms with van der Waals surface area (Å²) in [4.78, 5) is 23.2. The lowest BCUT2D eigenvalue weighted by molar-refractivity contribution is -0.119. The van der Waals surface area contributed by atoms with Gasteiger partial charge >= 0.3 is 5.97 Å². The van der Waals surface area contributed by atoms with Crippen molar-refractivity contribution < 1.29 is 22.7 Å². The van der Waals surface area contributed by atoms with Gasteiger partial charge in [-0.05, 0) is 43.2 Å². The number of benzene rings is 2. The highest BCUT2D eigenvalue weighted by Crippen LogP contribution is 2.13. The summed E-state index contributed by atoms with van der Waals surface area (Å²) in [7, 11) is -3.98. The summed E-state index contributed by atoms with van der Waals surface area (Å²) in [6, 6.07) is 13.1. The van der Waals surface area contributed by atoms with Gasteiger partial charge in [-0.25, -0.2) is 13.2 Å². The first-order valence-corrected chi connectivity index (χ1v) is 9.44. The van der Waals surface area contributed by atoms with Gasteiger partial charge in [-0.1, -0.05) is 30.3 Å². The van der Waals surface area contributed by atoms with E-state index >= 15 is 0 Å². The maximum atomic E-state index is 12.5. The molecule has 1 amide bonds. The summed E-state index contributed by atoms with van der Waals surface area (Å²) in [6.07, 6.45) is 0.135. The Morgan fingerprint density at radius 2 is 1.69 bits per heavy atom. The van der Waals surface area contributed by atoms with Crippen molar-refractivity contribution in [2.45, 2.75) is 24.3 Å². The second-order valence-electron chi connectivity index (χ2n) is 5.51. The van der Waals surface area contributed by atoms with E-state index in [4.69, 9.17) is 10.5 Å². The molecule has 0 saturated carbocycles. The Balaban J connectivity index is 2.17. The van der Waals surface area contributed by atoms with E-state index in [2.05, 4.69) is 4.72 Å². The fraction of sp³-hybridized carbons (Fsp3) is 0.222. The van der Waals surface area contributed by atoms with E-state index in [1.54, 1.807) is 31.2 Å². The van der Waals surface area contributed by atoms with E-state index in [1.807, 2.05) is 6.07 Å². The molecule has 0 radical (unpaired) electrons. The van der Waals surface area contributed by atoms with Gasteiger partial charge in [0.1, 0.15) is 6.04 Å². The third-order valence-electron chi connectivity index (χ3n) is 3.60. The van der Waals surface area contributed by atoms with Crippen molar-refractivity contribution in [1.29, 1.82) is 0 Å². The molecule has 3 N–H and O–H groups in total. The van der Waals surface area contributed by atoms with E-state index in [0.717, 1.165) is 5.56 Å². The molecule has 1 atom stereocenters. The number of ether oxygens (including phenoxy) is 1. The van der Waals surface area contributed by atoms with Crippen LogP contribution in [-0.2, 0) is 26.0 Å². The second kappa shape index (κ2) is 8.59. The normalized spacial score (nSPS) is 12.3. The molecule has 26 heavy (non-hydrogen) atoms. The van der Waals surface area contributed by atoms with Gasteiger partial charge in [-0.15, -0.1) is 0 Å². The van der Waals surface area contributed by atoms with Crippen molar-refractivity contribution in [2.75, 3.05) is 6.61 Å². The number of amides is 1. The molecule has 7 nitrogen and oxygen atoms in total. The summed E-state index contributed by atoms with van der Waals surface area (Å²) in [5.41, 5.74) is 6.35. The average Bonchev–Trinajstić information content (AvgIpc) is 2.62. The molecule has 0 bridgehead atoms. The van der Waals surface area contributed by atoms with Crippen LogP contribution < -0.4 is 10.5 Å². The first kappa shape index (κ1) is 19.6. The molecule has 2 aromatic rings. The zero-order chi connectivity index (χ0) is 19.2. The lowest BCUT2D eigenvalue weighted by Crippen LogP contribution is -2.45. The number of hydrogen-bond acceptors (Lipinski definition) is 5. The van der Waals surface area contributed by atoms with Crippen LogP contribution in [0.3, 0.4) is 0 Å². The zero-order valence-electron chi connectivity index (χ0n) is 14.2. The summed E-state index contributed by atoms with van der Waals surface area (Å²) < 4.78 is 32.2. The fourth-order valence-electron chi connectivity index (χ4n) is 2.29. The molecular formula is C18H20N2O5S. The van der Waals surface area contributed by atoms with Gasteiger partial charge in [-0.2, -0.15) is 4.72 Å². The van der Waals surface area contributed by atoms with Crippen LogP contribution in [0.15, 0.2) is 59.5 Å². The molecule has 0 unspecified atom stereocenters. The maximum Gasteiger partial charge on any atom is 0.338 e. The molecule has 138 valence electrons. The highest BCUT2D eigenvalue weighted by Gasteiger charge is 2.24. The van der Waals surface area contributed by atoms with Gasteiger partial charge in [-0.3, -0.25) is 4.79 Å². The third-order valence-corrected chi connectivity index (χ3v) is 5.09. The molecule has 0 heterocycles. The Morgan fingerprint density at radius 1 is 1.08 bits per heavy atom. The van der Waals surface area contributed by atoms with Crippen LogP contribution in [0, 0.1) is 0 Å². The lowest BCUT2D eigenvalue weighted by Gasteiger charge is -2.16. The minimum Gasteiger partial charge on any atom is -0.462 e. The van der Waals surface area contributed by atoms with Gasteiger partial charge in [0, 0.05) is 0 Å². The van der Waals surface area contributed by atoms with Crippen LogP contribution >= 0.6 is 0 Å². The Hall–Kier alpha value is -2.71. The van der Waals surface area contributed by atoms with Crippen molar-refractivity contribution in [3.05, 3.63) is 65.7 Å². The van der Waals surface area contributed by atoms with Gasteiger partial charge in [0.25, 0.3) is 0 Å². The largest absolute Gasteiger partial charge is 0.462 e. The maximum absolute atomic E-state index is 12.5. The van der Waals surface area contributed by atoms with Gasteiger partial charge in [0.15, 0.2) is 0 Å². The Kier molecular flexibility index (Phi) is 6.48. The zero-order valence-corrected chi connectivity index (χ0v) is 15.0. The quantitative estimate of drug-likeness (QED) is 0.673. The summed E-state index contributed by atoms with van der Waals surface area (Å²) in [5, 5.41) is 0. The van der Waals surface area contributed by atoms with Crippen molar-refractivity contribution in [3.63, 3.8) is 0 Å². The predicted octanol–water partition coefficient (Wildman–Crippen LogP) is 1.24. The van der Waals surface area contributed by atoms with Crippen molar-refractivity contribution in [1.82, 2.24) is 4.72 Å². The molecule has 8 heteroatoms. The summed E-state index contributed by atoms with van der Waals surface area (Å²) in [6.45, 7) is 1.90. The Morgan fingerprint density at radius 3 is 2.23 bits per heavy atom. The molecule has 2 aromatic carbocycles. The van der Waals surface area contributed by atoms with E-state index in [-0.39, 0.29) is 23.5 Å². The first-order valence-electron chi connectivity index (χ1n) is 7.96. The molecule has 0 aliphatic heterocycles. The smallest absolute Gasteiger partial charge is 0.338 e. The molecule has 0 fully saturated rings. The molecule has 0 aromatic heterocycles. The second-order valence-corrected chi connectivity index (χ2v) is 7.22. The fourth-order valence-corrected chi connectivity index (χ4v) is 3.49. The van der Waals surface area contributed by atoms with Gasteiger partial charge < -0.3 is 10.5 Å². The van der Waals surface area contributed by atoms with Crippen molar-refractivity contribution in [3.8, 4) is 0 Å². The van der Waals surface area contributed by atoms with Crippen molar-refractivity contribution >= 4 is 21.9 Å². The summed E-state index contributed by atoms with van der Waals surface area (Å²) >= 11 is 0. The van der Waals surface area contributed by atoms with E-state index < -0.39 is 27.9 Å².